The van der Waals surface area contributed by atoms with Crippen molar-refractivity contribution in [2.45, 2.75) is 12.8 Å². The number of carbonyl (C=O) groups is 1. The van der Waals surface area contributed by atoms with Gasteiger partial charge in [0.05, 0.1) is 6.20 Å². The van der Waals surface area contributed by atoms with Crippen LogP contribution >= 0.6 is 0 Å². The van der Waals surface area contributed by atoms with Crippen molar-refractivity contribution in [3.63, 3.8) is 0 Å². The number of nitrogens with zero attached hydrogens (tertiary/aromatic N) is 4. The van der Waals surface area contributed by atoms with Crippen LogP contribution in [-0.2, 0) is 11.8 Å². The standard InChI is InChI=1S/C17H18N6O/c1-18-16-14-8-19-15(22-17(24)10-3-4-10)5-12(14)13(7-20-16)11-6-21-23(2)9-11/h5-10H,3-4H2,1-2H3,(H,18,20)(H,19,22,24). The SMILES string of the molecule is CNc1ncc(-c2cnn(C)c2)c2cc(NC(=O)C3CC3)ncc12. The van der Waals surface area contributed by atoms with Gasteiger partial charge in [-0.25, -0.2) is 9.97 Å². The lowest BCUT2D eigenvalue weighted by Crippen LogP contribution is -2.14. The van der Waals surface area contributed by atoms with Gasteiger partial charge in [-0.1, -0.05) is 0 Å². The van der Waals surface area contributed by atoms with Gasteiger partial charge in [0.1, 0.15) is 11.6 Å². The van der Waals surface area contributed by atoms with Crippen LogP contribution in [0.1, 0.15) is 12.8 Å². The third kappa shape index (κ3) is 2.58. The number of hydrogen-bond donors (Lipinski definition) is 2. The van der Waals surface area contributed by atoms with Gasteiger partial charge in [-0.15, -0.1) is 0 Å². The number of aryl methyl sites for hydroxylation is 1. The zero-order chi connectivity index (χ0) is 16.7. The lowest BCUT2D eigenvalue weighted by molar-refractivity contribution is -0.117. The monoisotopic (exact) mass is 322 g/mol. The molecule has 0 aromatic carbocycles. The molecular formula is C17H18N6O. The van der Waals surface area contributed by atoms with Crippen molar-refractivity contribution in [2.75, 3.05) is 17.7 Å². The Morgan fingerprint density at radius 2 is 2.04 bits per heavy atom. The second-order valence-electron chi connectivity index (χ2n) is 6.05. The number of anilines is 2. The summed E-state index contributed by atoms with van der Waals surface area (Å²) in [4.78, 5) is 20.8. The molecule has 0 aliphatic heterocycles. The molecular weight excluding hydrogens is 304 g/mol. The van der Waals surface area contributed by atoms with E-state index in [9.17, 15) is 4.79 Å². The molecule has 0 bridgehead atoms. The van der Waals surface area contributed by atoms with E-state index in [1.165, 1.54) is 0 Å². The maximum atomic E-state index is 12.0. The van der Waals surface area contributed by atoms with Crippen LogP contribution in [0.3, 0.4) is 0 Å². The normalized spacial score (nSPS) is 13.9. The van der Waals surface area contributed by atoms with E-state index >= 15 is 0 Å². The molecule has 0 unspecified atom stereocenters. The summed E-state index contributed by atoms with van der Waals surface area (Å²) in [6.07, 6.45) is 9.24. The average molecular weight is 322 g/mol. The molecule has 1 aliphatic rings. The van der Waals surface area contributed by atoms with Gasteiger partial charge in [-0.3, -0.25) is 9.48 Å². The van der Waals surface area contributed by atoms with E-state index in [1.807, 2.05) is 32.6 Å². The van der Waals surface area contributed by atoms with Crippen molar-refractivity contribution in [3.05, 3.63) is 30.9 Å². The average Bonchev–Trinajstić information content (AvgIpc) is 3.35. The Balaban J connectivity index is 1.83. The molecule has 24 heavy (non-hydrogen) atoms. The molecule has 0 saturated heterocycles. The van der Waals surface area contributed by atoms with Gasteiger partial charge in [0.25, 0.3) is 0 Å². The van der Waals surface area contributed by atoms with Gasteiger partial charge in [-0.05, 0) is 18.9 Å². The van der Waals surface area contributed by atoms with Crippen LogP contribution in [0.2, 0.25) is 0 Å². The summed E-state index contributed by atoms with van der Waals surface area (Å²) in [7, 11) is 3.71. The highest BCUT2D eigenvalue weighted by Crippen LogP contribution is 2.33. The molecule has 1 fully saturated rings. The zero-order valence-electron chi connectivity index (χ0n) is 13.6. The number of pyridine rings is 2. The Morgan fingerprint density at radius 1 is 1.21 bits per heavy atom. The molecule has 3 heterocycles. The van der Waals surface area contributed by atoms with E-state index in [2.05, 4.69) is 25.7 Å². The molecule has 7 nitrogen and oxygen atoms in total. The predicted molar refractivity (Wildman–Crippen MR) is 92.6 cm³/mol. The zero-order valence-corrected chi connectivity index (χ0v) is 13.6. The van der Waals surface area contributed by atoms with Crippen LogP contribution < -0.4 is 10.6 Å². The quantitative estimate of drug-likeness (QED) is 0.770. The molecule has 0 atom stereocenters. The Morgan fingerprint density at radius 3 is 2.71 bits per heavy atom. The Labute approximate surface area is 139 Å². The molecule has 1 aliphatic carbocycles. The van der Waals surface area contributed by atoms with Crippen molar-refractivity contribution >= 4 is 28.3 Å². The van der Waals surface area contributed by atoms with Gasteiger partial charge >= 0.3 is 0 Å². The highest BCUT2D eigenvalue weighted by Gasteiger charge is 2.29. The topological polar surface area (TPSA) is 84.7 Å². The summed E-state index contributed by atoms with van der Waals surface area (Å²) >= 11 is 0. The molecule has 7 heteroatoms. The number of rotatable bonds is 4. The lowest BCUT2D eigenvalue weighted by Gasteiger charge is -2.11. The molecule has 2 N–H and O–H groups in total. The molecule has 4 rings (SSSR count). The summed E-state index contributed by atoms with van der Waals surface area (Å²) < 4.78 is 1.75. The maximum absolute atomic E-state index is 12.0. The van der Waals surface area contributed by atoms with E-state index < -0.39 is 0 Å². The first-order valence-corrected chi connectivity index (χ1v) is 7.92. The van der Waals surface area contributed by atoms with Gasteiger partial charge in [0, 0.05) is 60.5 Å². The molecule has 3 aromatic heterocycles. The fraction of sp³-hybridized carbons (Fsp3) is 0.294. The number of carbonyl (C=O) groups excluding carboxylic acids is 1. The number of hydrogen-bond acceptors (Lipinski definition) is 5. The minimum Gasteiger partial charge on any atom is -0.373 e. The second kappa shape index (κ2) is 5.59. The molecule has 3 aromatic rings. The van der Waals surface area contributed by atoms with E-state index in [4.69, 9.17) is 0 Å². The van der Waals surface area contributed by atoms with Crippen LogP contribution in [0, 0.1) is 5.92 Å². The van der Waals surface area contributed by atoms with Gasteiger partial charge in [-0.2, -0.15) is 5.10 Å². The van der Waals surface area contributed by atoms with Crippen molar-refractivity contribution in [2.24, 2.45) is 13.0 Å². The summed E-state index contributed by atoms with van der Waals surface area (Å²) in [5, 5.41) is 12.1. The van der Waals surface area contributed by atoms with Crippen LogP contribution in [-0.4, -0.2) is 32.7 Å². The number of aromatic nitrogens is 4. The predicted octanol–water partition coefficient (Wildman–Crippen LogP) is 2.42. The first kappa shape index (κ1) is 14.6. The molecule has 0 radical (unpaired) electrons. The summed E-state index contributed by atoms with van der Waals surface area (Å²) in [6, 6.07) is 1.90. The number of amides is 1. The summed E-state index contributed by atoms with van der Waals surface area (Å²) in [6.45, 7) is 0. The summed E-state index contributed by atoms with van der Waals surface area (Å²) in [5.74, 6) is 1.52. The number of nitrogens with one attached hydrogen (secondary N) is 2. The minimum atomic E-state index is 0.0488. The van der Waals surface area contributed by atoms with Crippen molar-refractivity contribution in [1.82, 2.24) is 19.7 Å². The third-order valence-electron chi connectivity index (χ3n) is 4.22. The van der Waals surface area contributed by atoms with Crippen molar-refractivity contribution in [1.29, 1.82) is 0 Å². The van der Waals surface area contributed by atoms with Crippen molar-refractivity contribution in [3.8, 4) is 11.1 Å². The minimum absolute atomic E-state index is 0.0488. The molecule has 122 valence electrons. The van der Waals surface area contributed by atoms with Crippen LogP contribution in [0.25, 0.3) is 21.9 Å². The Kier molecular flexibility index (Phi) is 3.41. The van der Waals surface area contributed by atoms with E-state index in [1.54, 1.807) is 17.1 Å². The first-order valence-electron chi connectivity index (χ1n) is 7.92. The highest BCUT2D eigenvalue weighted by atomic mass is 16.2. The highest BCUT2D eigenvalue weighted by molar-refractivity contribution is 6.03. The van der Waals surface area contributed by atoms with E-state index in [0.29, 0.717) is 5.82 Å². The third-order valence-corrected chi connectivity index (χ3v) is 4.22. The van der Waals surface area contributed by atoms with Crippen molar-refractivity contribution < 1.29 is 4.79 Å². The molecule has 0 spiro atoms. The van der Waals surface area contributed by atoms with E-state index in [-0.39, 0.29) is 11.8 Å². The largest absolute Gasteiger partial charge is 0.373 e. The van der Waals surface area contributed by atoms with Crippen LogP contribution in [0.5, 0.6) is 0 Å². The fourth-order valence-corrected chi connectivity index (χ4v) is 2.77. The van der Waals surface area contributed by atoms with Gasteiger partial charge in [0.15, 0.2) is 0 Å². The lowest BCUT2D eigenvalue weighted by atomic mass is 10.0. The van der Waals surface area contributed by atoms with E-state index in [0.717, 1.165) is 40.6 Å². The first-order chi connectivity index (χ1) is 11.7. The molecule has 1 saturated carbocycles. The Bertz CT molecular complexity index is 928. The summed E-state index contributed by atoms with van der Waals surface area (Å²) in [5.41, 5.74) is 1.93. The fourth-order valence-electron chi connectivity index (χ4n) is 2.77. The molecule has 1 amide bonds. The van der Waals surface area contributed by atoms with Gasteiger partial charge < -0.3 is 10.6 Å². The number of fused-ring (bicyclic) bond motifs is 1. The second-order valence-corrected chi connectivity index (χ2v) is 6.05. The van der Waals surface area contributed by atoms with Crippen LogP contribution in [0.4, 0.5) is 11.6 Å². The Hall–Kier alpha value is -2.96. The maximum Gasteiger partial charge on any atom is 0.228 e. The van der Waals surface area contributed by atoms with Gasteiger partial charge in [0.2, 0.25) is 5.91 Å². The smallest absolute Gasteiger partial charge is 0.228 e. The van der Waals surface area contributed by atoms with Crippen LogP contribution in [0.15, 0.2) is 30.9 Å².